The van der Waals surface area contributed by atoms with Crippen LogP contribution in [0.1, 0.15) is 37.2 Å². The Morgan fingerprint density at radius 1 is 1.09 bits per heavy atom. The molecule has 0 spiro atoms. The number of fused-ring (bicyclic) bond motifs is 1. The molecule has 0 amide bonds. The van der Waals surface area contributed by atoms with E-state index >= 15 is 0 Å². The van der Waals surface area contributed by atoms with Crippen molar-refractivity contribution in [2.24, 2.45) is 0 Å². The van der Waals surface area contributed by atoms with E-state index in [0.717, 1.165) is 59.8 Å². The number of phenolic OH excluding ortho intramolecular Hbond substituents is 1. The lowest BCUT2D eigenvalue weighted by Gasteiger charge is -2.18. The number of aromatic hydroxyl groups is 1. The minimum Gasteiger partial charge on any atom is -0.508 e. The van der Waals surface area contributed by atoms with Gasteiger partial charge in [0.2, 0.25) is 5.95 Å². The van der Waals surface area contributed by atoms with Gasteiger partial charge in [0.25, 0.3) is 0 Å². The van der Waals surface area contributed by atoms with Gasteiger partial charge in [-0.05, 0) is 60.9 Å². The molecule has 0 radical (unpaired) electrons. The molecule has 4 aromatic rings. The van der Waals surface area contributed by atoms with Gasteiger partial charge in [-0.15, -0.1) is 0 Å². The largest absolute Gasteiger partial charge is 0.508 e. The van der Waals surface area contributed by atoms with Gasteiger partial charge in [0.05, 0.1) is 36.3 Å². The van der Waals surface area contributed by atoms with Gasteiger partial charge in [-0.3, -0.25) is 0 Å². The Morgan fingerprint density at radius 3 is 2.66 bits per heavy atom. The summed E-state index contributed by atoms with van der Waals surface area (Å²) in [6.45, 7) is 3.86. The monoisotopic (exact) mass is 473 g/mol. The number of phenols is 1. The lowest BCUT2D eigenvalue weighted by molar-refractivity contribution is 0.0924. The number of benzene rings is 2. The number of halogens is 1. The highest BCUT2D eigenvalue weighted by Crippen LogP contribution is 2.39. The van der Waals surface area contributed by atoms with E-state index in [0.29, 0.717) is 19.2 Å². The van der Waals surface area contributed by atoms with Crippen molar-refractivity contribution in [3.63, 3.8) is 0 Å². The topological polar surface area (TPSA) is 85.1 Å². The van der Waals surface area contributed by atoms with Crippen molar-refractivity contribution >= 4 is 5.95 Å². The third-order valence-electron chi connectivity index (χ3n) is 6.11. The van der Waals surface area contributed by atoms with Gasteiger partial charge in [-0.25, -0.2) is 19.3 Å². The first-order valence-electron chi connectivity index (χ1n) is 11.9. The third kappa shape index (κ3) is 5.02. The summed E-state index contributed by atoms with van der Waals surface area (Å²) >= 11 is 0. The molecule has 1 aliphatic heterocycles. The molecule has 5 rings (SSSR count). The van der Waals surface area contributed by atoms with Crippen LogP contribution in [0.15, 0.2) is 60.8 Å². The van der Waals surface area contributed by atoms with Gasteiger partial charge < -0.3 is 19.7 Å². The van der Waals surface area contributed by atoms with Crippen LogP contribution in [0.25, 0.3) is 22.6 Å². The number of hydrogen-bond acceptors (Lipinski definition) is 6. The molecule has 0 aliphatic carbocycles. The van der Waals surface area contributed by atoms with Crippen molar-refractivity contribution < 1.29 is 14.2 Å². The first-order chi connectivity index (χ1) is 17.1. The molecular weight excluding hydrogens is 445 g/mol. The Labute approximate surface area is 203 Å². The van der Waals surface area contributed by atoms with E-state index in [-0.39, 0.29) is 17.6 Å². The Morgan fingerprint density at radius 2 is 1.89 bits per heavy atom. The molecule has 0 unspecified atom stereocenters. The van der Waals surface area contributed by atoms with Crippen LogP contribution < -0.4 is 5.32 Å². The maximum atomic E-state index is 13.6. The summed E-state index contributed by atoms with van der Waals surface area (Å²) in [6, 6.07) is 15.4. The minimum atomic E-state index is -0.282. The number of imidazole rings is 1. The summed E-state index contributed by atoms with van der Waals surface area (Å²) < 4.78 is 21.9. The zero-order chi connectivity index (χ0) is 24.2. The minimum absolute atomic E-state index is 0.0980. The van der Waals surface area contributed by atoms with Crippen LogP contribution in [0.3, 0.4) is 0 Å². The van der Waals surface area contributed by atoms with Crippen LogP contribution >= 0.6 is 0 Å². The van der Waals surface area contributed by atoms with Crippen LogP contribution in [0.2, 0.25) is 0 Å². The lowest BCUT2D eigenvalue weighted by atomic mass is 10.1. The summed E-state index contributed by atoms with van der Waals surface area (Å²) in [5.74, 6) is 1.50. The van der Waals surface area contributed by atoms with Crippen molar-refractivity contribution in [1.29, 1.82) is 0 Å². The van der Waals surface area contributed by atoms with Gasteiger partial charge in [0.15, 0.2) is 0 Å². The average molecular weight is 474 g/mol. The normalized spacial score (nSPS) is 14.7. The molecule has 0 bridgehead atoms. The maximum absolute atomic E-state index is 13.6. The van der Waals surface area contributed by atoms with E-state index in [2.05, 4.69) is 21.8 Å². The number of nitrogens with zero attached hydrogens (tertiary/aromatic N) is 4. The van der Waals surface area contributed by atoms with Gasteiger partial charge in [-0.1, -0.05) is 19.1 Å². The average Bonchev–Trinajstić information content (AvgIpc) is 3.44. The van der Waals surface area contributed by atoms with Gasteiger partial charge in [0, 0.05) is 24.7 Å². The van der Waals surface area contributed by atoms with E-state index in [9.17, 15) is 9.50 Å². The molecule has 7 nitrogen and oxygen atoms in total. The maximum Gasteiger partial charge on any atom is 0.223 e. The zero-order valence-corrected chi connectivity index (χ0v) is 19.6. The van der Waals surface area contributed by atoms with E-state index in [4.69, 9.17) is 14.7 Å². The number of hydrogen-bond donors (Lipinski definition) is 2. The molecule has 2 aromatic carbocycles. The highest BCUT2D eigenvalue weighted by Gasteiger charge is 2.31. The molecule has 0 saturated carbocycles. The molecule has 1 atom stereocenters. The fraction of sp³-hybridized carbons (Fsp3) is 0.296. The third-order valence-corrected chi connectivity index (χ3v) is 6.11. The molecular formula is C27H28FN5O2. The van der Waals surface area contributed by atoms with Crippen molar-refractivity contribution in [3.05, 3.63) is 78.0 Å². The van der Waals surface area contributed by atoms with Gasteiger partial charge in [0.1, 0.15) is 17.4 Å². The van der Waals surface area contributed by atoms with E-state index in [1.807, 2.05) is 18.2 Å². The standard InChI is InChI=1S/C27H28FN5O2/c1-2-14-29-27-30-15-13-23(31-27)26-25(19-5-7-20(28)8-6-19)32-24-12-9-21(33(24)26)17-35-16-18-3-10-22(34)11-4-18/h3-8,10-11,13,15,21,34H,2,9,12,14,16-17H2,1H3,(H,29,30,31)/t21-/m1/s1. The molecule has 3 heterocycles. The van der Waals surface area contributed by atoms with Crippen molar-refractivity contribution in [2.75, 3.05) is 18.5 Å². The fourth-order valence-corrected chi connectivity index (χ4v) is 4.40. The predicted molar refractivity (Wildman–Crippen MR) is 133 cm³/mol. The quantitative estimate of drug-likeness (QED) is 0.340. The number of ether oxygens (including phenoxy) is 1. The van der Waals surface area contributed by atoms with Gasteiger partial charge >= 0.3 is 0 Å². The van der Waals surface area contributed by atoms with Crippen LogP contribution in [0.5, 0.6) is 5.75 Å². The number of aryl methyl sites for hydroxylation is 1. The smallest absolute Gasteiger partial charge is 0.223 e. The Kier molecular flexibility index (Phi) is 6.72. The summed E-state index contributed by atoms with van der Waals surface area (Å²) in [5.41, 5.74) is 4.28. The summed E-state index contributed by atoms with van der Waals surface area (Å²) in [4.78, 5) is 14.1. The SMILES string of the molecule is CCCNc1nccc(-c2c(-c3ccc(F)cc3)nc3n2[C@@H](COCc2ccc(O)cc2)CC3)n1. The highest BCUT2D eigenvalue weighted by atomic mass is 19.1. The molecule has 35 heavy (non-hydrogen) atoms. The first kappa shape index (κ1) is 23.0. The second-order valence-electron chi connectivity index (χ2n) is 8.67. The first-order valence-corrected chi connectivity index (χ1v) is 11.9. The summed E-state index contributed by atoms with van der Waals surface area (Å²) in [6.07, 6.45) is 4.46. The number of aromatic nitrogens is 4. The predicted octanol–water partition coefficient (Wildman–Crippen LogP) is 5.38. The molecule has 8 heteroatoms. The van der Waals surface area contributed by atoms with E-state index in [1.165, 1.54) is 12.1 Å². The molecule has 2 N–H and O–H groups in total. The van der Waals surface area contributed by atoms with E-state index < -0.39 is 0 Å². The van der Waals surface area contributed by atoms with Crippen LogP contribution in [0.4, 0.5) is 10.3 Å². The second kappa shape index (κ2) is 10.2. The van der Waals surface area contributed by atoms with Crippen molar-refractivity contribution in [3.8, 4) is 28.4 Å². The summed E-state index contributed by atoms with van der Waals surface area (Å²) in [7, 11) is 0. The van der Waals surface area contributed by atoms with Crippen molar-refractivity contribution in [1.82, 2.24) is 19.5 Å². The second-order valence-corrected chi connectivity index (χ2v) is 8.67. The number of nitrogens with one attached hydrogen (secondary N) is 1. The van der Waals surface area contributed by atoms with Crippen LogP contribution in [0, 0.1) is 5.82 Å². The van der Waals surface area contributed by atoms with Gasteiger partial charge in [-0.2, -0.15) is 0 Å². The Bertz CT molecular complexity index is 1290. The Balaban J connectivity index is 1.48. The molecule has 0 fully saturated rings. The molecule has 180 valence electrons. The molecule has 1 aliphatic rings. The number of rotatable bonds is 9. The fourth-order valence-electron chi connectivity index (χ4n) is 4.40. The van der Waals surface area contributed by atoms with E-state index in [1.54, 1.807) is 30.5 Å². The molecule has 0 saturated heterocycles. The van der Waals surface area contributed by atoms with Crippen molar-refractivity contribution in [2.45, 2.75) is 38.8 Å². The highest BCUT2D eigenvalue weighted by molar-refractivity contribution is 5.78. The number of anilines is 1. The van der Waals surface area contributed by atoms with Crippen LogP contribution in [-0.4, -0.2) is 37.8 Å². The Hall–Kier alpha value is -3.78. The zero-order valence-electron chi connectivity index (χ0n) is 19.6. The van der Waals surface area contributed by atoms with Crippen LogP contribution in [-0.2, 0) is 17.8 Å². The lowest BCUT2D eigenvalue weighted by Crippen LogP contribution is -2.14. The molecule has 2 aromatic heterocycles. The summed E-state index contributed by atoms with van der Waals surface area (Å²) in [5, 5.41) is 12.7.